The van der Waals surface area contributed by atoms with E-state index in [2.05, 4.69) is 47.7 Å². The van der Waals surface area contributed by atoms with Crippen LogP contribution in [-0.4, -0.2) is 44.8 Å². The van der Waals surface area contributed by atoms with Gasteiger partial charge in [0.05, 0.1) is 12.4 Å². The van der Waals surface area contributed by atoms with Gasteiger partial charge in [-0.25, -0.2) is 13.1 Å². The molecule has 164 valence electrons. The van der Waals surface area contributed by atoms with E-state index in [4.69, 9.17) is 4.74 Å². The zero-order valence-electron chi connectivity index (χ0n) is 18.3. The zero-order chi connectivity index (χ0) is 21.6. The molecule has 1 aliphatic heterocycles. The number of sulfonamides is 1. The number of piperidine rings is 1. The van der Waals surface area contributed by atoms with E-state index < -0.39 is 10.0 Å². The number of hydrogen-bond donors (Lipinski definition) is 1. The largest absolute Gasteiger partial charge is 0.493 e. The number of hydrogen-bond acceptors (Lipinski definition) is 4. The van der Waals surface area contributed by atoms with E-state index in [1.807, 2.05) is 30.3 Å². The van der Waals surface area contributed by atoms with Crippen LogP contribution in [0.25, 0.3) is 0 Å². The number of benzene rings is 2. The molecule has 3 rings (SSSR count). The van der Waals surface area contributed by atoms with Crippen molar-refractivity contribution in [3.8, 4) is 5.75 Å². The van der Waals surface area contributed by atoms with Crippen LogP contribution in [0.1, 0.15) is 44.2 Å². The lowest BCUT2D eigenvalue weighted by atomic mass is 9.92. The van der Waals surface area contributed by atoms with Crippen LogP contribution in [0.3, 0.4) is 0 Å². The third kappa shape index (κ3) is 6.56. The van der Waals surface area contributed by atoms with Crippen LogP contribution in [0.2, 0.25) is 0 Å². The Balaban J connectivity index is 1.64. The normalized spacial score (nSPS) is 20.4. The molecule has 0 amide bonds. The molecule has 0 aromatic heterocycles. The lowest BCUT2D eigenvalue weighted by Gasteiger charge is -2.38. The Hall–Kier alpha value is -1.89. The molecule has 0 bridgehead atoms. The van der Waals surface area contributed by atoms with Crippen LogP contribution >= 0.6 is 0 Å². The summed E-state index contributed by atoms with van der Waals surface area (Å²) in [6.45, 7) is 8.97. The molecular formula is C24H34N2O3S. The smallest absolute Gasteiger partial charge is 0.211 e. The standard InChI is InChI=1S/C24H34N2O3S/c1-4-30(27,28)25-24-17-26(16-20-8-6-5-7-9-20)15-14-22(24)18-29-23-12-10-21(11-13-23)19(2)3/h5-13,19,22,24-25H,4,14-18H2,1-3H3/t22-,24+/m0/s1. The van der Waals surface area contributed by atoms with Crippen molar-refractivity contribution in [2.75, 3.05) is 25.4 Å². The zero-order valence-corrected chi connectivity index (χ0v) is 19.1. The fourth-order valence-electron chi connectivity index (χ4n) is 3.85. The maximum atomic E-state index is 12.3. The minimum Gasteiger partial charge on any atom is -0.493 e. The van der Waals surface area contributed by atoms with E-state index in [9.17, 15) is 8.42 Å². The van der Waals surface area contributed by atoms with Gasteiger partial charge in [0, 0.05) is 25.0 Å². The molecule has 6 heteroatoms. The topological polar surface area (TPSA) is 58.6 Å². The van der Waals surface area contributed by atoms with E-state index in [0.717, 1.165) is 25.3 Å². The van der Waals surface area contributed by atoms with E-state index >= 15 is 0 Å². The summed E-state index contributed by atoms with van der Waals surface area (Å²) in [4.78, 5) is 2.33. The lowest BCUT2D eigenvalue weighted by Crippen LogP contribution is -2.53. The van der Waals surface area contributed by atoms with E-state index in [-0.39, 0.29) is 17.7 Å². The Morgan fingerprint density at radius 3 is 2.43 bits per heavy atom. The summed E-state index contributed by atoms with van der Waals surface area (Å²) in [5, 5.41) is 0. The summed E-state index contributed by atoms with van der Waals surface area (Å²) in [5.74, 6) is 1.55. The molecule has 0 radical (unpaired) electrons. The number of ether oxygens (including phenoxy) is 1. The van der Waals surface area contributed by atoms with Gasteiger partial charge in [-0.15, -0.1) is 0 Å². The van der Waals surface area contributed by atoms with Crippen molar-refractivity contribution in [3.63, 3.8) is 0 Å². The first kappa shape index (κ1) is 22.8. The Bertz CT molecular complexity index is 882. The molecule has 1 aliphatic rings. The van der Waals surface area contributed by atoms with Crippen molar-refractivity contribution in [3.05, 3.63) is 65.7 Å². The number of nitrogens with zero attached hydrogens (tertiary/aromatic N) is 1. The first-order valence-electron chi connectivity index (χ1n) is 10.9. The van der Waals surface area contributed by atoms with E-state index in [1.165, 1.54) is 11.1 Å². The van der Waals surface area contributed by atoms with Gasteiger partial charge in [0.1, 0.15) is 5.75 Å². The molecule has 5 nitrogen and oxygen atoms in total. The Kier molecular flexibility index (Phi) is 7.92. The molecule has 0 unspecified atom stereocenters. The van der Waals surface area contributed by atoms with Gasteiger partial charge in [0.15, 0.2) is 0 Å². The SMILES string of the molecule is CCS(=O)(=O)N[C@@H]1CN(Cc2ccccc2)CC[C@H]1COc1ccc(C(C)C)cc1. The fraction of sp³-hybridized carbons (Fsp3) is 0.500. The highest BCUT2D eigenvalue weighted by atomic mass is 32.2. The quantitative estimate of drug-likeness (QED) is 0.653. The van der Waals surface area contributed by atoms with Crippen LogP contribution in [0.5, 0.6) is 5.75 Å². The molecule has 1 N–H and O–H groups in total. The minimum absolute atomic E-state index is 0.0897. The number of likely N-dealkylation sites (tertiary alicyclic amines) is 1. The van der Waals surface area contributed by atoms with Crippen LogP contribution in [0, 0.1) is 5.92 Å². The Labute approximate surface area is 181 Å². The average molecular weight is 431 g/mol. The first-order chi connectivity index (χ1) is 14.4. The second kappa shape index (κ2) is 10.4. The van der Waals surface area contributed by atoms with Crippen LogP contribution in [-0.2, 0) is 16.6 Å². The first-order valence-corrected chi connectivity index (χ1v) is 12.5. The summed E-state index contributed by atoms with van der Waals surface area (Å²) in [6.07, 6.45) is 0.897. The summed E-state index contributed by atoms with van der Waals surface area (Å²) < 4.78 is 33.5. The minimum atomic E-state index is -3.28. The lowest BCUT2D eigenvalue weighted by molar-refractivity contribution is 0.109. The van der Waals surface area contributed by atoms with Gasteiger partial charge in [-0.05, 0) is 49.1 Å². The molecule has 30 heavy (non-hydrogen) atoms. The molecule has 0 saturated carbocycles. The van der Waals surface area contributed by atoms with E-state index in [1.54, 1.807) is 6.92 Å². The van der Waals surface area contributed by atoms with Crippen LogP contribution in [0.4, 0.5) is 0 Å². The van der Waals surface area contributed by atoms with E-state index in [0.29, 0.717) is 19.1 Å². The molecular weight excluding hydrogens is 396 g/mol. The van der Waals surface area contributed by atoms with Crippen molar-refractivity contribution in [2.45, 2.75) is 45.7 Å². The number of rotatable bonds is 9. The van der Waals surface area contributed by atoms with Crippen molar-refractivity contribution in [1.29, 1.82) is 0 Å². The Morgan fingerprint density at radius 2 is 1.80 bits per heavy atom. The molecule has 1 heterocycles. The predicted molar refractivity (Wildman–Crippen MR) is 122 cm³/mol. The Morgan fingerprint density at radius 1 is 1.10 bits per heavy atom. The average Bonchev–Trinajstić information content (AvgIpc) is 2.74. The number of nitrogens with one attached hydrogen (secondary N) is 1. The summed E-state index contributed by atoms with van der Waals surface area (Å²) in [6, 6.07) is 18.4. The molecule has 1 fully saturated rings. The van der Waals surface area contributed by atoms with Crippen molar-refractivity contribution < 1.29 is 13.2 Å². The third-order valence-corrected chi connectivity index (χ3v) is 7.23. The molecule has 1 saturated heterocycles. The molecule has 0 spiro atoms. The second-order valence-corrected chi connectivity index (χ2v) is 10.5. The summed E-state index contributed by atoms with van der Waals surface area (Å²) >= 11 is 0. The summed E-state index contributed by atoms with van der Waals surface area (Å²) in [5.41, 5.74) is 2.53. The highest BCUT2D eigenvalue weighted by molar-refractivity contribution is 7.89. The molecule has 2 atom stereocenters. The molecule has 2 aromatic carbocycles. The van der Waals surface area contributed by atoms with Crippen molar-refractivity contribution >= 4 is 10.0 Å². The van der Waals surface area contributed by atoms with Gasteiger partial charge < -0.3 is 4.74 Å². The third-order valence-electron chi connectivity index (χ3n) is 5.81. The highest BCUT2D eigenvalue weighted by Crippen LogP contribution is 2.23. The summed E-state index contributed by atoms with van der Waals surface area (Å²) in [7, 11) is -3.28. The van der Waals surface area contributed by atoms with Crippen LogP contribution in [0.15, 0.2) is 54.6 Å². The van der Waals surface area contributed by atoms with Gasteiger partial charge >= 0.3 is 0 Å². The van der Waals surface area contributed by atoms with Crippen molar-refractivity contribution in [2.24, 2.45) is 5.92 Å². The maximum Gasteiger partial charge on any atom is 0.211 e. The molecule has 2 aromatic rings. The van der Waals surface area contributed by atoms with Gasteiger partial charge in [0.2, 0.25) is 10.0 Å². The van der Waals surface area contributed by atoms with Crippen LogP contribution < -0.4 is 9.46 Å². The van der Waals surface area contributed by atoms with Gasteiger partial charge in [0.25, 0.3) is 0 Å². The van der Waals surface area contributed by atoms with Gasteiger partial charge in [-0.3, -0.25) is 4.90 Å². The van der Waals surface area contributed by atoms with Gasteiger partial charge in [-0.1, -0.05) is 56.3 Å². The maximum absolute atomic E-state index is 12.3. The predicted octanol–water partition coefficient (Wildman–Crippen LogP) is 4.02. The van der Waals surface area contributed by atoms with Gasteiger partial charge in [-0.2, -0.15) is 0 Å². The monoisotopic (exact) mass is 430 g/mol. The molecule has 0 aliphatic carbocycles. The second-order valence-electron chi connectivity index (χ2n) is 8.43. The fourth-order valence-corrected chi connectivity index (χ4v) is 4.75. The highest BCUT2D eigenvalue weighted by Gasteiger charge is 2.32. The van der Waals surface area contributed by atoms with Crippen molar-refractivity contribution in [1.82, 2.24) is 9.62 Å².